The summed E-state index contributed by atoms with van der Waals surface area (Å²) in [6.45, 7) is 1.43. The zero-order valence-corrected chi connectivity index (χ0v) is 19.3. The van der Waals surface area contributed by atoms with E-state index in [4.69, 9.17) is 33.3 Å². The van der Waals surface area contributed by atoms with E-state index in [2.05, 4.69) is 0 Å². The first-order chi connectivity index (χ1) is 15.4. The third-order valence-corrected chi connectivity index (χ3v) is 6.75. The number of amides is 1. The van der Waals surface area contributed by atoms with Crippen LogP contribution in [0.25, 0.3) is 6.08 Å². The first-order valence-corrected chi connectivity index (χ1v) is 11.5. The van der Waals surface area contributed by atoms with Crippen LogP contribution in [-0.4, -0.2) is 39.3 Å². The average Bonchev–Trinajstić information content (AvgIpc) is 3.38. The number of nitrogens with zero attached hydrogens (tertiary/aromatic N) is 2. The highest BCUT2D eigenvalue weighted by Crippen LogP contribution is 2.35. The van der Waals surface area contributed by atoms with Crippen molar-refractivity contribution in [3.05, 3.63) is 73.6 Å². The van der Waals surface area contributed by atoms with Crippen molar-refractivity contribution in [2.45, 2.75) is 25.6 Å². The molecule has 2 fully saturated rings. The van der Waals surface area contributed by atoms with E-state index in [1.165, 1.54) is 23.9 Å². The van der Waals surface area contributed by atoms with Crippen molar-refractivity contribution in [2.75, 3.05) is 13.2 Å². The second-order valence-corrected chi connectivity index (χ2v) is 9.41. The summed E-state index contributed by atoms with van der Waals surface area (Å²) in [5, 5.41) is 11.1. The van der Waals surface area contributed by atoms with Crippen molar-refractivity contribution in [2.24, 2.45) is 0 Å². The molecule has 32 heavy (non-hydrogen) atoms. The molecule has 2 aliphatic heterocycles. The number of carbonyl (C=O) groups is 1. The predicted molar refractivity (Wildman–Crippen MR) is 128 cm³/mol. The van der Waals surface area contributed by atoms with Crippen LogP contribution in [0, 0.1) is 10.1 Å². The number of ether oxygens (including phenoxy) is 2. The molecule has 0 aromatic heterocycles. The highest BCUT2D eigenvalue weighted by molar-refractivity contribution is 8.26. The Kier molecular flexibility index (Phi) is 7.10. The summed E-state index contributed by atoms with van der Waals surface area (Å²) >= 11 is 13.0. The molecular weight excluding hydrogens is 472 g/mol. The number of thiocarbonyl (C=S) groups is 1. The Morgan fingerprint density at radius 2 is 2.09 bits per heavy atom. The van der Waals surface area contributed by atoms with Crippen molar-refractivity contribution in [3.8, 4) is 5.75 Å². The average molecular weight is 491 g/mol. The molecule has 0 saturated carbocycles. The maximum Gasteiger partial charge on any atom is 0.269 e. The molecule has 0 spiro atoms. The van der Waals surface area contributed by atoms with Crippen LogP contribution in [0.3, 0.4) is 0 Å². The molecule has 2 aliphatic rings. The van der Waals surface area contributed by atoms with Gasteiger partial charge in [0.15, 0.2) is 0 Å². The van der Waals surface area contributed by atoms with Crippen molar-refractivity contribution in [1.29, 1.82) is 0 Å². The smallest absolute Gasteiger partial charge is 0.269 e. The molecule has 4 rings (SSSR count). The van der Waals surface area contributed by atoms with Gasteiger partial charge in [0.2, 0.25) is 0 Å². The van der Waals surface area contributed by atoms with E-state index in [0.29, 0.717) is 26.5 Å². The summed E-state index contributed by atoms with van der Waals surface area (Å²) in [6, 6.07) is 11.4. The van der Waals surface area contributed by atoms with E-state index in [1.807, 2.05) is 6.07 Å². The molecule has 2 heterocycles. The van der Waals surface area contributed by atoms with Gasteiger partial charge in [0.1, 0.15) is 16.7 Å². The second kappa shape index (κ2) is 9.99. The number of hydrogen-bond acceptors (Lipinski definition) is 7. The van der Waals surface area contributed by atoms with Gasteiger partial charge in [-0.25, -0.2) is 0 Å². The largest absolute Gasteiger partial charge is 0.487 e. The fraction of sp³-hybridized carbons (Fsp3) is 0.273. The molecule has 2 aromatic carbocycles. The molecule has 10 heteroatoms. The molecule has 1 amide bonds. The van der Waals surface area contributed by atoms with Crippen molar-refractivity contribution < 1.29 is 19.2 Å². The zero-order valence-electron chi connectivity index (χ0n) is 16.9. The van der Waals surface area contributed by atoms with Crippen LogP contribution in [0.5, 0.6) is 5.75 Å². The minimum absolute atomic E-state index is 0.0253. The fourth-order valence-corrected chi connectivity index (χ4v) is 4.92. The molecule has 7 nitrogen and oxygen atoms in total. The summed E-state index contributed by atoms with van der Waals surface area (Å²) in [7, 11) is 0. The number of rotatable bonds is 7. The van der Waals surface area contributed by atoms with E-state index >= 15 is 0 Å². The number of nitro groups is 1. The first-order valence-electron chi connectivity index (χ1n) is 9.93. The number of carbonyl (C=O) groups excluding carboxylic acids is 1. The van der Waals surface area contributed by atoms with E-state index in [0.717, 1.165) is 30.6 Å². The maximum absolute atomic E-state index is 12.8. The Balaban J connectivity index is 1.40. The quantitative estimate of drug-likeness (QED) is 0.228. The number of thioether (sulfide) groups is 1. The van der Waals surface area contributed by atoms with Crippen LogP contribution in [0.4, 0.5) is 5.69 Å². The van der Waals surface area contributed by atoms with Gasteiger partial charge < -0.3 is 9.47 Å². The standard InChI is InChI=1S/C22H19ClN2O5S2/c23-18-10-15(5-8-19(18)30-13-14-3-6-16(7-4-14)25(27)28)11-20-21(26)24(22(31)32-20)12-17-2-1-9-29-17/h3-8,10-11,17H,1-2,9,12-13H2/b20-11-/t17-/m0/s1. The molecule has 0 radical (unpaired) electrons. The highest BCUT2D eigenvalue weighted by Gasteiger charge is 2.34. The lowest BCUT2D eigenvalue weighted by molar-refractivity contribution is -0.384. The van der Waals surface area contributed by atoms with Crippen LogP contribution in [-0.2, 0) is 16.1 Å². The SMILES string of the molecule is O=C1/C(=C/c2ccc(OCc3ccc([N+](=O)[O-])cc3)c(Cl)c2)SC(=S)N1C[C@@H]1CCCO1. The van der Waals surface area contributed by atoms with Crippen molar-refractivity contribution in [3.63, 3.8) is 0 Å². The number of halogens is 1. The van der Waals surface area contributed by atoms with E-state index in [-0.39, 0.29) is 24.3 Å². The Morgan fingerprint density at radius 1 is 1.31 bits per heavy atom. The van der Waals surface area contributed by atoms with Gasteiger partial charge in [-0.3, -0.25) is 19.8 Å². The normalized spacial score (nSPS) is 19.7. The van der Waals surface area contributed by atoms with Gasteiger partial charge in [0.25, 0.3) is 11.6 Å². The lowest BCUT2D eigenvalue weighted by Crippen LogP contribution is -2.35. The molecule has 166 valence electrons. The number of hydrogen-bond donors (Lipinski definition) is 0. The van der Waals surface area contributed by atoms with Crippen LogP contribution < -0.4 is 4.74 Å². The van der Waals surface area contributed by atoms with E-state index in [9.17, 15) is 14.9 Å². The van der Waals surface area contributed by atoms with Gasteiger partial charge >= 0.3 is 0 Å². The molecule has 2 aromatic rings. The number of benzene rings is 2. The van der Waals surface area contributed by atoms with Crippen LogP contribution >= 0.6 is 35.6 Å². The summed E-state index contributed by atoms with van der Waals surface area (Å²) in [4.78, 5) is 25.2. The second-order valence-electron chi connectivity index (χ2n) is 7.33. The Morgan fingerprint density at radius 3 is 2.75 bits per heavy atom. The van der Waals surface area contributed by atoms with E-state index < -0.39 is 4.92 Å². The number of nitro benzene ring substituents is 1. The maximum atomic E-state index is 12.8. The lowest BCUT2D eigenvalue weighted by atomic mass is 10.2. The number of non-ortho nitro benzene ring substituents is 1. The molecule has 0 unspecified atom stereocenters. The van der Waals surface area contributed by atoms with Gasteiger partial charge in [0.05, 0.1) is 27.5 Å². The summed E-state index contributed by atoms with van der Waals surface area (Å²) in [5.74, 6) is 0.359. The third kappa shape index (κ3) is 5.29. The molecule has 1 atom stereocenters. The molecule has 2 saturated heterocycles. The lowest BCUT2D eigenvalue weighted by Gasteiger charge is -2.18. The van der Waals surface area contributed by atoms with Gasteiger partial charge in [-0.05, 0) is 54.3 Å². The van der Waals surface area contributed by atoms with Crippen molar-refractivity contribution >= 4 is 57.6 Å². The summed E-state index contributed by atoms with van der Waals surface area (Å²) in [6.07, 6.45) is 3.75. The Labute approximate surface area is 199 Å². The van der Waals surface area contributed by atoms with Gasteiger partial charge in [-0.1, -0.05) is 41.6 Å². The zero-order chi connectivity index (χ0) is 22.7. The predicted octanol–water partition coefficient (Wildman–Crippen LogP) is 5.21. The van der Waals surface area contributed by atoms with Crippen LogP contribution in [0.1, 0.15) is 24.0 Å². The van der Waals surface area contributed by atoms with Crippen LogP contribution in [0.2, 0.25) is 5.02 Å². The summed E-state index contributed by atoms with van der Waals surface area (Å²) in [5.41, 5.74) is 1.57. The van der Waals surface area contributed by atoms with Gasteiger partial charge in [0, 0.05) is 18.7 Å². The van der Waals surface area contributed by atoms with Gasteiger partial charge in [-0.2, -0.15) is 0 Å². The Bertz CT molecular complexity index is 1080. The van der Waals surface area contributed by atoms with Crippen molar-refractivity contribution in [1.82, 2.24) is 4.90 Å². The highest BCUT2D eigenvalue weighted by atomic mass is 35.5. The molecule has 0 N–H and O–H groups in total. The third-order valence-electron chi connectivity index (χ3n) is 5.08. The first kappa shape index (κ1) is 22.7. The van der Waals surface area contributed by atoms with E-state index in [1.54, 1.807) is 35.2 Å². The Hall–Kier alpha value is -2.46. The topological polar surface area (TPSA) is 81.9 Å². The minimum atomic E-state index is -0.448. The molecular formula is C22H19ClN2O5S2. The van der Waals surface area contributed by atoms with Crippen LogP contribution in [0.15, 0.2) is 47.4 Å². The van der Waals surface area contributed by atoms with Gasteiger partial charge in [-0.15, -0.1) is 0 Å². The monoisotopic (exact) mass is 490 g/mol. The fourth-order valence-electron chi connectivity index (χ4n) is 3.40. The molecule has 0 bridgehead atoms. The summed E-state index contributed by atoms with van der Waals surface area (Å²) < 4.78 is 11.9. The molecule has 0 aliphatic carbocycles. The minimum Gasteiger partial charge on any atom is -0.487 e.